The van der Waals surface area contributed by atoms with Crippen molar-refractivity contribution in [3.05, 3.63) is 108 Å². The molecule has 0 fully saturated rings. The number of carboxylic acid groups (broad SMARTS) is 1. The Morgan fingerprint density at radius 1 is 0.868 bits per heavy atom. The number of nitrogens with one attached hydrogen (secondary N) is 1. The molecule has 0 saturated carbocycles. The Hall–Kier alpha value is -4.91. The molecule has 0 aliphatic carbocycles. The Morgan fingerprint density at radius 3 is 2.26 bits per heavy atom. The number of carbonyl (C=O) groups is 2. The number of aromatic hydroxyl groups is 1. The van der Waals surface area contributed by atoms with E-state index in [9.17, 15) is 19.8 Å². The third-order valence-corrected chi connectivity index (χ3v) is 6.54. The van der Waals surface area contributed by atoms with Crippen LogP contribution in [0.15, 0.2) is 96.1 Å². The zero-order valence-electron chi connectivity index (χ0n) is 21.3. The van der Waals surface area contributed by atoms with Crippen LogP contribution in [-0.4, -0.2) is 27.8 Å². The summed E-state index contributed by atoms with van der Waals surface area (Å²) in [5.41, 5.74) is 7.76. The van der Waals surface area contributed by atoms with Crippen molar-refractivity contribution in [1.82, 2.24) is 0 Å². The Bertz CT molecular complexity index is 1580. The van der Waals surface area contributed by atoms with Crippen LogP contribution in [0.5, 0.6) is 5.75 Å². The largest absolute Gasteiger partial charge is 0.505 e. The van der Waals surface area contributed by atoms with Gasteiger partial charge in [-0.1, -0.05) is 75.4 Å². The van der Waals surface area contributed by atoms with Gasteiger partial charge >= 0.3 is 5.97 Å². The van der Waals surface area contributed by atoms with E-state index in [0.717, 1.165) is 11.4 Å². The predicted octanol–water partition coefficient (Wildman–Crippen LogP) is 6.55. The first kappa shape index (κ1) is 24.8. The number of anilines is 3. The molecule has 4 aromatic rings. The molecule has 1 heterocycles. The first-order valence-electron chi connectivity index (χ1n) is 12.2. The summed E-state index contributed by atoms with van der Waals surface area (Å²) in [5, 5.41) is 24.7. The number of carbonyl (C=O) groups excluding carboxylic acids is 1. The van der Waals surface area contributed by atoms with Crippen molar-refractivity contribution in [2.24, 2.45) is 5.10 Å². The maximum atomic E-state index is 13.6. The summed E-state index contributed by atoms with van der Waals surface area (Å²) in [6.45, 7) is 6.42. The summed E-state index contributed by atoms with van der Waals surface area (Å²) in [6.07, 6.45) is 0. The molecule has 1 aliphatic heterocycles. The molecule has 1 aliphatic rings. The van der Waals surface area contributed by atoms with Crippen LogP contribution in [0.1, 0.15) is 42.3 Å². The highest BCUT2D eigenvalue weighted by Crippen LogP contribution is 2.38. The van der Waals surface area contributed by atoms with E-state index in [4.69, 9.17) is 0 Å². The van der Waals surface area contributed by atoms with Gasteiger partial charge in [0.1, 0.15) is 5.75 Å². The molecule has 5 rings (SSSR count). The van der Waals surface area contributed by atoms with Crippen molar-refractivity contribution in [2.75, 3.05) is 10.3 Å². The molecular formula is C31H27N3O4. The highest BCUT2D eigenvalue weighted by atomic mass is 16.4. The van der Waals surface area contributed by atoms with Gasteiger partial charge in [0.15, 0.2) is 5.71 Å². The lowest BCUT2D eigenvalue weighted by Crippen LogP contribution is -2.26. The van der Waals surface area contributed by atoms with Crippen LogP contribution in [0.2, 0.25) is 0 Å². The van der Waals surface area contributed by atoms with E-state index in [1.165, 1.54) is 17.7 Å². The van der Waals surface area contributed by atoms with E-state index in [2.05, 4.69) is 31.3 Å². The summed E-state index contributed by atoms with van der Waals surface area (Å²) in [6, 6.07) is 26.7. The van der Waals surface area contributed by atoms with Crippen molar-refractivity contribution in [3.63, 3.8) is 0 Å². The molecule has 7 heteroatoms. The van der Waals surface area contributed by atoms with Gasteiger partial charge in [0, 0.05) is 16.8 Å². The van der Waals surface area contributed by atoms with Crippen LogP contribution in [0.25, 0.3) is 11.1 Å². The van der Waals surface area contributed by atoms with Gasteiger partial charge in [-0.2, -0.15) is 5.10 Å². The fourth-order valence-corrected chi connectivity index (χ4v) is 4.48. The second-order valence-corrected chi connectivity index (χ2v) is 10.1. The minimum absolute atomic E-state index is 0.00647. The lowest BCUT2D eigenvalue weighted by Gasteiger charge is -2.21. The number of nitrogens with zero attached hydrogens (tertiary/aromatic N) is 2. The maximum absolute atomic E-state index is 13.6. The van der Waals surface area contributed by atoms with E-state index in [0.29, 0.717) is 16.7 Å². The fraction of sp³-hybridized carbons (Fsp3) is 0.129. The average Bonchev–Trinajstić information content (AvgIpc) is 3.18. The van der Waals surface area contributed by atoms with Crippen LogP contribution in [0.3, 0.4) is 0 Å². The number of rotatable bonds is 5. The molecule has 0 saturated heterocycles. The van der Waals surface area contributed by atoms with Crippen molar-refractivity contribution in [1.29, 1.82) is 0 Å². The van der Waals surface area contributed by atoms with E-state index in [1.807, 2.05) is 48.5 Å². The van der Waals surface area contributed by atoms with Gasteiger partial charge in [-0.15, -0.1) is 0 Å². The van der Waals surface area contributed by atoms with Crippen molar-refractivity contribution in [2.45, 2.75) is 26.2 Å². The molecule has 0 atom stereocenters. The molecule has 38 heavy (non-hydrogen) atoms. The highest BCUT2D eigenvalue weighted by molar-refractivity contribution is 6.55. The molecule has 0 radical (unpaired) electrons. The van der Waals surface area contributed by atoms with E-state index in [1.54, 1.807) is 35.2 Å². The summed E-state index contributed by atoms with van der Waals surface area (Å²) in [4.78, 5) is 26.6. The molecule has 4 aromatic carbocycles. The van der Waals surface area contributed by atoms with Gasteiger partial charge in [-0.05, 0) is 52.9 Å². The second-order valence-electron chi connectivity index (χ2n) is 10.1. The maximum Gasteiger partial charge on any atom is 0.335 e. The standard InChI is InChI=1S/C31H27N3O4/c1-31(2,3)21-14-16-22(17-15-21)34-26-13-5-4-10-24(26)27(29(34)36)33-32-25-12-7-11-23(28(25)35)19-8-6-9-20(18-19)30(37)38/h4-18,32,35H,1-3H3,(H,37,38). The van der Waals surface area contributed by atoms with Gasteiger partial charge in [0.25, 0.3) is 5.91 Å². The van der Waals surface area contributed by atoms with Crippen LogP contribution in [0.4, 0.5) is 17.1 Å². The number of hydrogen-bond acceptors (Lipinski definition) is 5. The van der Waals surface area contributed by atoms with Crippen LogP contribution >= 0.6 is 0 Å². The van der Waals surface area contributed by atoms with Crippen LogP contribution < -0.4 is 10.3 Å². The average molecular weight is 506 g/mol. The normalized spacial score (nSPS) is 14.0. The molecule has 190 valence electrons. The number of phenolic OH excluding ortho intramolecular Hbond substituents is 1. The van der Waals surface area contributed by atoms with Gasteiger partial charge in [-0.25, -0.2) is 4.79 Å². The number of benzene rings is 4. The molecule has 0 unspecified atom stereocenters. The Morgan fingerprint density at radius 2 is 1.55 bits per heavy atom. The molecule has 7 nitrogen and oxygen atoms in total. The van der Waals surface area contributed by atoms with E-state index < -0.39 is 5.97 Å². The Balaban J connectivity index is 1.48. The molecule has 0 bridgehead atoms. The highest BCUT2D eigenvalue weighted by Gasteiger charge is 2.35. The topological polar surface area (TPSA) is 102 Å². The number of amides is 1. The number of hydrogen-bond donors (Lipinski definition) is 3. The van der Waals surface area contributed by atoms with Crippen molar-refractivity contribution in [3.8, 4) is 16.9 Å². The van der Waals surface area contributed by atoms with Crippen molar-refractivity contribution < 1.29 is 19.8 Å². The molecular weight excluding hydrogens is 478 g/mol. The minimum atomic E-state index is -1.05. The predicted molar refractivity (Wildman–Crippen MR) is 149 cm³/mol. The van der Waals surface area contributed by atoms with Crippen molar-refractivity contribution >= 4 is 34.7 Å². The fourth-order valence-electron chi connectivity index (χ4n) is 4.48. The van der Waals surface area contributed by atoms with Gasteiger partial charge in [-0.3, -0.25) is 15.1 Å². The monoisotopic (exact) mass is 505 g/mol. The first-order valence-corrected chi connectivity index (χ1v) is 12.2. The second kappa shape index (κ2) is 9.52. The first-order chi connectivity index (χ1) is 18.1. The van der Waals surface area contributed by atoms with Gasteiger partial charge < -0.3 is 10.2 Å². The van der Waals surface area contributed by atoms with Crippen LogP contribution in [0, 0.1) is 0 Å². The molecule has 0 aromatic heterocycles. The lowest BCUT2D eigenvalue weighted by molar-refractivity contribution is -0.111. The number of phenols is 1. The number of para-hydroxylation sites is 2. The SMILES string of the molecule is CC(C)(C)c1ccc(N2C(=O)C(=NNc3cccc(-c4cccc(C(=O)O)c4)c3O)c3ccccc32)cc1. The lowest BCUT2D eigenvalue weighted by atomic mass is 9.87. The van der Waals surface area contributed by atoms with Crippen LogP contribution in [-0.2, 0) is 10.2 Å². The zero-order chi connectivity index (χ0) is 27.0. The van der Waals surface area contributed by atoms with E-state index >= 15 is 0 Å². The van der Waals surface area contributed by atoms with Gasteiger partial charge in [0.05, 0.1) is 16.9 Å². The van der Waals surface area contributed by atoms with E-state index in [-0.39, 0.29) is 34.0 Å². The summed E-state index contributed by atoms with van der Waals surface area (Å²) in [7, 11) is 0. The molecule has 3 N–H and O–H groups in total. The molecule has 0 spiro atoms. The smallest absolute Gasteiger partial charge is 0.335 e. The number of fused-ring (bicyclic) bond motifs is 1. The third kappa shape index (κ3) is 4.50. The zero-order valence-corrected chi connectivity index (χ0v) is 21.3. The third-order valence-electron chi connectivity index (χ3n) is 6.54. The quantitative estimate of drug-likeness (QED) is 0.211. The molecule has 1 amide bonds. The number of carboxylic acids is 1. The number of aromatic carboxylic acids is 1. The summed E-state index contributed by atoms with van der Waals surface area (Å²) in [5.74, 6) is -1.44. The Kier molecular flexibility index (Phi) is 6.20. The van der Waals surface area contributed by atoms with Gasteiger partial charge in [0.2, 0.25) is 0 Å². The number of hydrazone groups is 1. The summed E-state index contributed by atoms with van der Waals surface area (Å²) < 4.78 is 0. The Labute approximate surface area is 220 Å². The summed E-state index contributed by atoms with van der Waals surface area (Å²) >= 11 is 0. The minimum Gasteiger partial charge on any atom is -0.505 e.